The smallest absolute Gasteiger partial charge is 0.164 e. The molecule has 1 aliphatic carbocycles. The molecule has 72 heavy (non-hydrogen) atoms. The van der Waals surface area contributed by atoms with Crippen LogP contribution in [0, 0.1) is 5.92 Å². The lowest BCUT2D eigenvalue weighted by molar-refractivity contribution is 0.451. The maximum Gasteiger partial charge on any atom is 0.164 e. The summed E-state index contributed by atoms with van der Waals surface area (Å²) >= 11 is 1.83. The van der Waals surface area contributed by atoms with Gasteiger partial charge >= 0.3 is 0 Å². The van der Waals surface area contributed by atoms with E-state index in [2.05, 4.69) is 206 Å². The van der Waals surface area contributed by atoms with Crippen molar-refractivity contribution in [2.45, 2.75) is 25.7 Å². The summed E-state index contributed by atoms with van der Waals surface area (Å²) < 4.78 is 11.3. The van der Waals surface area contributed by atoms with Crippen molar-refractivity contribution < 1.29 is 4.42 Å². The van der Waals surface area contributed by atoms with Gasteiger partial charge in [-0.2, -0.15) is 0 Å². The first-order valence-electron chi connectivity index (χ1n) is 24.9. The standard InChI is InChI=1S/C66H44N4OS/c1-39(35-40-17-3-2-4-18-40)52-37-43-21-7-8-22-44(43)60-46(52)26-15-27-49(60)64-67-65(50-28-16-31-58-61(50)47-24-10-13-30-57(47)71-58)69-66(68-64)51-33-34-55(63-62(51)48-25-11-14-32-59(48)72-63)70-54-29-12-9-23-45(54)53-36-41-19-5-6-20-42(41)38-56(53)70/h2-34,36,38-39,52H,35,37H2,1H3. The van der Waals surface area contributed by atoms with Gasteiger partial charge in [0.05, 0.1) is 21.4 Å². The molecule has 14 aromatic rings. The minimum Gasteiger partial charge on any atom is -0.456 e. The Labute approximate surface area is 419 Å². The van der Waals surface area contributed by atoms with Crippen LogP contribution in [0.25, 0.3) is 126 Å². The molecule has 0 fully saturated rings. The van der Waals surface area contributed by atoms with Crippen LogP contribution < -0.4 is 0 Å². The number of benzene rings is 10. The molecule has 0 amide bonds. The van der Waals surface area contributed by atoms with Crippen LogP contribution in [0.5, 0.6) is 0 Å². The molecule has 4 aromatic heterocycles. The molecule has 340 valence electrons. The third-order valence-corrected chi connectivity index (χ3v) is 16.6. The van der Waals surface area contributed by atoms with Crippen LogP contribution in [0.4, 0.5) is 0 Å². The van der Waals surface area contributed by atoms with Crippen LogP contribution >= 0.6 is 11.3 Å². The van der Waals surface area contributed by atoms with Crippen molar-refractivity contribution in [1.29, 1.82) is 0 Å². The van der Waals surface area contributed by atoms with Gasteiger partial charge in [-0.3, -0.25) is 0 Å². The SMILES string of the molecule is CC(Cc1ccccc1)C1Cc2ccccc2-c2c(-c3nc(-c4cccc5oc6ccccc6c45)nc(-c4ccc(-n5c6ccccc6c6cc7ccccc7cc65)c5sc6ccccc6c45)n3)cccc21. The Balaban J connectivity index is 1.00. The summed E-state index contributed by atoms with van der Waals surface area (Å²) in [5.41, 5.74) is 14.5. The Morgan fingerprint density at radius 3 is 2.01 bits per heavy atom. The van der Waals surface area contributed by atoms with Gasteiger partial charge in [0.2, 0.25) is 0 Å². The zero-order chi connectivity index (χ0) is 47.4. The molecule has 4 heterocycles. The molecule has 15 rings (SSSR count). The minimum absolute atomic E-state index is 0.296. The van der Waals surface area contributed by atoms with E-state index in [1.165, 1.54) is 75.2 Å². The average molecular weight is 941 g/mol. The van der Waals surface area contributed by atoms with E-state index in [1.807, 2.05) is 29.5 Å². The normalized spacial score (nSPS) is 14.0. The van der Waals surface area contributed by atoms with Gasteiger partial charge in [0.15, 0.2) is 17.5 Å². The first-order chi connectivity index (χ1) is 35.6. The zero-order valence-electron chi connectivity index (χ0n) is 39.4. The molecule has 0 bridgehead atoms. The number of nitrogens with zero attached hydrogens (tertiary/aromatic N) is 4. The molecule has 0 spiro atoms. The number of hydrogen-bond donors (Lipinski definition) is 0. The fraction of sp³-hybridized carbons (Fsp3) is 0.0758. The van der Waals surface area contributed by atoms with E-state index in [9.17, 15) is 0 Å². The first kappa shape index (κ1) is 41.1. The monoisotopic (exact) mass is 940 g/mol. The van der Waals surface area contributed by atoms with Crippen LogP contribution in [-0.2, 0) is 12.8 Å². The molecule has 0 N–H and O–H groups in total. The topological polar surface area (TPSA) is 56.7 Å². The van der Waals surface area contributed by atoms with Crippen molar-refractivity contribution >= 4 is 86.0 Å². The summed E-state index contributed by atoms with van der Waals surface area (Å²) in [6.45, 7) is 2.42. The van der Waals surface area contributed by atoms with Gasteiger partial charge in [0.1, 0.15) is 11.2 Å². The summed E-state index contributed by atoms with van der Waals surface area (Å²) in [5.74, 6) is 2.56. The second-order valence-electron chi connectivity index (χ2n) is 19.5. The highest BCUT2D eigenvalue weighted by Gasteiger charge is 2.32. The highest BCUT2D eigenvalue weighted by Crippen LogP contribution is 2.49. The van der Waals surface area contributed by atoms with E-state index in [1.54, 1.807) is 0 Å². The van der Waals surface area contributed by atoms with Crippen LogP contribution in [0.3, 0.4) is 0 Å². The summed E-state index contributed by atoms with van der Waals surface area (Å²) in [4.78, 5) is 16.8. The number of furan rings is 1. The number of fused-ring (bicyclic) bond motifs is 13. The van der Waals surface area contributed by atoms with Crippen molar-refractivity contribution in [3.05, 3.63) is 229 Å². The second kappa shape index (κ2) is 16.2. The summed E-state index contributed by atoms with van der Waals surface area (Å²) in [6.07, 6.45) is 1.97. The van der Waals surface area contributed by atoms with E-state index in [-0.39, 0.29) is 0 Å². The van der Waals surface area contributed by atoms with Crippen molar-refractivity contribution in [2.75, 3.05) is 0 Å². The van der Waals surface area contributed by atoms with E-state index >= 15 is 0 Å². The maximum absolute atomic E-state index is 6.49. The van der Waals surface area contributed by atoms with Gasteiger partial charge in [-0.15, -0.1) is 11.3 Å². The maximum atomic E-state index is 6.49. The molecule has 0 saturated carbocycles. The number of hydrogen-bond acceptors (Lipinski definition) is 5. The van der Waals surface area contributed by atoms with E-state index < -0.39 is 0 Å². The largest absolute Gasteiger partial charge is 0.456 e. The van der Waals surface area contributed by atoms with Crippen LogP contribution in [0.1, 0.15) is 29.5 Å². The molecule has 0 saturated heterocycles. The molecule has 0 radical (unpaired) electrons. The highest BCUT2D eigenvalue weighted by atomic mass is 32.1. The lowest BCUT2D eigenvalue weighted by Crippen LogP contribution is -2.20. The second-order valence-corrected chi connectivity index (χ2v) is 20.5. The van der Waals surface area contributed by atoms with Gasteiger partial charge in [-0.05, 0) is 112 Å². The molecule has 1 aliphatic rings. The molecule has 5 nitrogen and oxygen atoms in total. The van der Waals surface area contributed by atoms with E-state index in [0.29, 0.717) is 29.3 Å². The molecule has 6 heteroatoms. The summed E-state index contributed by atoms with van der Waals surface area (Å²) in [7, 11) is 0. The van der Waals surface area contributed by atoms with E-state index in [0.717, 1.165) is 62.5 Å². The Morgan fingerprint density at radius 2 is 1.15 bits per heavy atom. The lowest BCUT2D eigenvalue weighted by Gasteiger charge is -2.33. The van der Waals surface area contributed by atoms with Gasteiger partial charge in [-0.25, -0.2) is 15.0 Å². The van der Waals surface area contributed by atoms with Crippen molar-refractivity contribution in [3.8, 4) is 51.0 Å². The molecular weight excluding hydrogens is 897 g/mol. The third kappa shape index (κ3) is 6.35. The third-order valence-electron chi connectivity index (χ3n) is 15.4. The van der Waals surface area contributed by atoms with Gasteiger partial charge in [0.25, 0.3) is 0 Å². The molecule has 10 aromatic carbocycles. The van der Waals surface area contributed by atoms with Gasteiger partial charge in [-0.1, -0.05) is 171 Å². The van der Waals surface area contributed by atoms with Crippen LogP contribution in [0.15, 0.2) is 217 Å². The van der Waals surface area contributed by atoms with Crippen molar-refractivity contribution in [3.63, 3.8) is 0 Å². The highest BCUT2D eigenvalue weighted by molar-refractivity contribution is 7.26. The Hall–Kier alpha value is -8.71. The van der Waals surface area contributed by atoms with Gasteiger partial charge < -0.3 is 8.98 Å². The summed E-state index contributed by atoms with van der Waals surface area (Å²) in [6, 6.07) is 76.7. The lowest BCUT2D eigenvalue weighted by atomic mass is 9.71. The zero-order valence-corrected chi connectivity index (χ0v) is 40.2. The number of rotatable bonds is 7. The number of thiophene rings is 1. The predicted molar refractivity (Wildman–Crippen MR) is 299 cm³/mol. The fourth-order valence-corrected chi connectivity index (χ4v) is 13.3. The Kier molecular flexibility index (Phi) is 9.23. The number of para-hydroxylation sites is 2. The van der Waals surface area contributed by atoms with Crippen LogP contribution in [-0.4, -0.2) is 19.5 Å². The summed E-state index contributed by atoms with van der Waals surface area (Å²) in [5, 5.41) is 9.24. The molecule has 2 unspecified atom stereocenters. The fourth-order valence-electron chi connectivity index (χ4n) is 12.1. The Morgan fingerprint density at radius 1 is 0.514 bits per heavy atom. The predicted octanol–water partition coefficient (Wildman–Crippen LogP) is 17.6. The number of aromatic nitrogens is 4. The molecule has 0 aliphatic heterocycles. The van der Waals surface area contributed by atoms with Crippen LogP contribution in [0.2, 0.25) is 0 Å². The Bertz CT molecular complexity index is 4500. The molecule has 2 atom stereocenters. The first-order valence-corrected chi connectivity index (χ1v) is 25.7. The van der Waals surface area contributed by atoms with Crippen molar-refractivity contribution in [1.82, 2.24) is 19.5 Å². The van der Waals surface area contributed by atoms with E-state index in [4.69, 9.17) is 19.4 Å². The minimum atomic E-state index is 0.296. The molecular formula is C66H44N4OS. The van der Waals surface area contributed by atoms with Crippen molar-refractivity contribution in [2.24, 2.45) is 5.92 Å². The van der Waals surface area contributed by atoms with Gasteiger partial charge in [0, 0.05) is 53.7 Å². The average Bonchev–Trinajstić information content (AvgIpc) is 4.12. The quantitative estimate of drug-likeness (QED) is 0.160.